The molecular weight excluding hydrogens is 478 g/mol. The van der Waals surface area contributed by atoms with Crippen LogP contribution in [0.25, 0.3) is 0 Å². The van der Waals surface area contributed by atoms with Crippen molar-refractivity contribution in [3.05, 3.63) is 87.6 Å². The van der Waals surface area contributed by atoms with E-state index < -0.39 is 21.9 Å². The van der Waals surface area contributed by atoms with Gasteiger partial charge in [-0.15, -0.1) is 11.3 Å². The number of hydrogen-bond acceptors (Lipinski definition) is 4. The summed E-state index contributed by atoms with van der Waals surface area (Å²) in [5.74, 6) is -1.26. The molecule has 0 bridgehead atoms. The molecule has 0 aliphatic carbocycles. The number of carbonyl (C=O) groups is 1. The zero-order valence-corrected chi connectivity index (χ0v) is 20.6. The number of thiophene rings is 1. The van der Waals surface area contributed by atoms with Gasteiger partial charge in [0, 0.05) is 18.0 Å². The molecule has 2 heterocycles. The van der Waals surface area contributed by atoms with Crippen LogP contribution in [0.4, 0.5) is 8.78 Å². The number of rotatable bonds is 7. The summed E-state index contributed by atoms with van der Waals surface area (Å²) in [6.45, 7) is 3.98. The van der Waals surface area contributed by atoms with Gasteiger partial charge >= 0.3 is 0 Å². The van der Waals surface area contributed by atoms with Crippen LogP contribution < -0.4 is 0 Å². The van der Waals surface area contributed by atoms with Crippen molar-refractivity contribution >= 4 is 27.3 Å². The van der Waals surface area contributed by atoms with Crippen LogP contribution in [-0.4, -0.2) is 43.2 Å². The Morgan fingerprint density at radius 3 is 2.29 bits per heavy atom. The molecule has 0 saturated heterocycles. The lowest BCUT2D eigenvalue weighted by Gasteiger charge is -2.37. The van der Waals surface area contributed by atoms with E-state index in [4.69, 9.17) is 0 Å². The number of sulfonamides is 1. The first kappa shape index (κ1) is 24.5. The lowest BCUT2D eigenvalue weighted by Crippen LogP contribution is -2.47. The lowest BCUT2D eigenvalue weighted by molar-refractivity contribution is -0.133. The highest BCUT2D eigenvalue weighted by Gasteiger charge is 2.35. The number of carbonyl (C=O) groups excluding carboxylic acids is 1. The molecule has 1 atom stereocenters. The summed E-state index contributed by atoms with van der Waals surface area (Å²) in [5.41, 5.74) is 1.75. The zero-order chi connectivity index (χ0) is 24.5. The van der Waals surface area contributed by atoms with Crippen molar-refractivity contribution in [2.24, 2.45) is 5.92 Å². The van der Waals surface area contributed by atoms with Gasteiger partial charge in [-0.3, -0.25) is 4.79 Å². The molecule has 2 aromatic carbocycles. The molecule has 9 heteroatoms. The second-order valence-corrected chi connectivity index (χ2v) is 11.7. The third-order valence-corrected chi connectivity index (χ3v) is 8.63. The van der Waals surface area contributed by atoms with Crippen LogP contribution in [0.3, 0.4) is 0 Å². The smallest absolute Gasteiger partial charge is 0.243 e. The Hall–Kier alpha value is -2.62. The normalized spacial score (nSPS) is 16.2. The molecule has 0 N–H and O–H groups in total. The maximum atomic E-state index is 13.6. The van der Waals surface area contributed by atoms with Crippen LogP contribution in [-0.2, 0) is 21.2 Å². The van der Waals surface area contributed by atoms with Gasteiger partial charge in [0.1, 0.15) is 11.6 Å². The molecule has 3 aromatic rings. The third kappa shape index (κ3) is 5.06. The Bertz CT molecular complexity index is 1260. The Morgan fingerprint density at radius 1 is 1.06 bits per heavy atom. The first-order chi connectivity index (χ1) is 16.2. The highest BCUT2D eigenvalue weighted by molar-refractivity contribution is 7.89. The highest BCUT2D eigenvalue weighted by atomic mass is 32.2. The predicted octanol–water partition coefficient (Wildman–Crippen LogP) is 4.85. The number of amides is 1. The molecule has 1 aliphatic heterocycles. The van der Waals surface area contributed by atoms with Gasteiger partial charge in [0.25, 0.3) is 0 Å². The van der Waals surface area contributed by atoms with E-state index in [0.717, 1.165) is 32.4 Å². The molecular formula is C25H26F2N2O3S2. The van der Waals surface area contributed by atoms with Crippen LogP contribution in [0.1, 0.15) is 35.9 Å². The summed E-state index contributed by atoms with van der Waals surface area (Å²) < 4.78 is 54.8. The van der Waals surface area contributed by atoms with E-state index in [1.165, 1.54) is 24.3 Å². The summed E-state index contributed by atoms with van der Waals surface area (Å²) in [6.07, 6.45) is 0.672. The van der Waals surface area contributed by atoms with Gasteiger partial charge in [-0.1, -0.05) is 26.0 Å². The summed E-state index contributed by atoms with van der Waals surface area (Å²) in [5, 5.41) is 1.97. The summed E-state index contributed by atoms with van der Waals surface area (Å²) in [7, 11) is -4.01. The highest BCUT2D eigenvalue weighted by Crippen LogP contribution is 2.38. The van der Waals surface area contributed by atoms with Gasteiger partial charge in [0.15, 0.2) is 0 Å². The Labute approximate surface area is 202 Å². The second kappa shape index (κ2) is 9.93. The van der Waals surface area contributed by atoms with Crippen molar-refractivity contribution in [3.63, 3.8) is 0 Å². The fraction of sp³-hybridized carbons (Fsp3) is 0.320. The van der Waals surface area contributed by atoms with Crippen molar-refractivity contribution in [2.75, 3.05) is 19.6 Å². The first-order valence-corrected chi connectivity index (χ1v) is 13.4. The maximum Gasteiger partial charge on any atom is 0.243 e. The Kier molecular flexibility index (Phi) is 7.16. The molecule has 1 amide bonds. The molecule has 4 rings (SSSR count). The van der Waals surface area contributed by atoms with E-state index in [2.05, 4.69) is 0 Å². The number of fused-ring (bicyclic) bond motifs is 1. The van der Waals surface area contributed by atoms with Crippen molar-refractivity contribution in [1.82, 2.24) is 9.21 Å². The van der Waals surface area contributed by atoms with Gasteiger partial charge in [-0.2, -0.15) is 4.31 Å². The molecule has 1 unspecified atom stereocenters. The minimum Gasteiger partial charge on any atom is -0.330 e. The van der Waals surface area contributed by atoms with Crippen LogP contribution in [0, 0.1) is 17.6 Å². The number of nitrogens with zero attached hydrogens (tertiary/aromatic N) is 2. The van der Waals surface area contributed by atoms with Crippen molar-refractivity contribution < 1.29 is 22.0 Å². The molecule has 0 radical (unpaired) electrons. The molecule has 0 saturated carbocycles. The maximum absolute atomic E-state index is 13.6. The third-order valence-electron chi connectivity index (χ3n) is 5.80. The van der Waals surface area contributed by atoms with Crippen LogP contribution in [0.5, 0.6) is 0 Å². The number of halogens is 2. The Morgan fingerprint density at radius 2 is 1.68 bits per heavy atom. The van der Waals surface area contributed by atoms with Crippen molar-refractivity contribution in [2.45, 2.75) is 31.2 Å². The summed E-state index contributed by atoms with van der Waals surface area (Å²) in [4.78, 5) is 16.4. The van der Waals surface area contributed by atoms with E-state index in [-0.39, 0.29) is 35.6 Å². The van der Waals surface area contributed by atoms with Gasteiger partial charge in [0.2, 0.25) is 15.9 Å². The van der Waals surface area contributed by atoms with Crippen molar-refractivity contribution in [1.29, 1.82) is 0 Å². The monoisotopic (exact) mass is 504 g/mol. The second-order valence-electron chi connectivity index (χ2n) is 8.74. The first-order valence-electron chi connectivity index (χ1n) is 11.0. The average molecular weight is 505 g/mol. The van der Waals surface area contributed by atoms with Crippen LogP contribution in [0.2, 0.25) is 0 Å². The van der Waals surface area contributed by atoms with E-state index in [0.29, 0.717) is 13.0 Å². The van der Waals surface area contributed by atoms with Gasteiger partial charge in [-0.25, -0.2) is 17.2 Å². The molecule has 34 heavy (non-hydrogen) atoms. The number of hydrogen-bond donors (Lipinski definition) is 0. The van der Waals surface area contributed by atoms with Crippen molar-refractivity contribution in [3.8, 4) is 0 Å². The van der Waals surface area contributed by atoms with Gasteiger partial charge in [0.05, 0.1) is 17.5 Å². The standard InChI is InChI=1S/C25H26F2N2O3S2/c1-17(2)15-28(34(31,32)21-9-7-20(27)8-10-21)16-24(30)29-13-11-23-22(12-14-33-23)25(29)18-3-5-19(26)6-4-18/h3-10,12,14,17,25H,11,13,15-16H2,1-2H3. The predicted molar refractivity (Wildman–Crippen MR) is 128 cm³/mol. The average Bonchev–Trinajstić information content (AvgIpc) is 3.27. The van der Waals surface area contributed by atoms with E-state index in [9.17, 15) is 22.0 Å². The molecule has 0 spiro atoms. The van der Waals surface area contributed by atoms with Crippen LogP contribution >= 0.6 is 11.3 Å². The SMILES string of the molecule is CC(C)CN(CC(=O)N1CCc2sccc2C1c1ccc(F)cc1)S(=O)(=O)c1ccc(F)cc1. The van der Waals surface area contributed by atoms with E-state index in [1.807, 2.05) is 25.3 Å². The minimum absolute atomic E-state index is 0.0271. The largest absolute Gasteiger partial charge is 0.330 e. The topological polar surface area (TPSA) is 57.7 Å². The van der Waals surface area contributed by atoms with Gasteiger partial charge in [-0.05, 0) is 71.3 Å². The fourth-order valence-electron chi connectivity index (χ4n) is 4.24. The molecule has 1 aliphatic rings. The molecule has 0 fully saturated rings. The summed E-state index contributed by atoms with van der Waals surface area (Å²) >= 11 is 1.62. The molecule has 1 aromatic heterocycles. The van der Waals surface area contributed by atoms with Crippen LogP contribution in [0.15, 0.2) is 64.9 Å². The summed E-state index contributed by atoms with van der Waals surface area (Å²) in [6, 6.07) is 12.2. The zero-order valence-electron chi connectivity index (χ0n) is 18.9. The molecule has 180 valence electrons. The number of benzene rings is 2. The fourth-order valence-corrected chi connectivity index (χ4v) is 6.70. The lowest BCUT2D eigenvalue weighted by atomic mass is 9.93. The van der Waals surface area contributed by atoms with E-state index in [1.54, 1.807) is 28.4 Å². The Balaban J connectivity index is 1.66. The van der Waals surface area contributed by atoms with Gasteiger partial charge < -0.3 is 4.90 Å². The minimum atomic E-state index is -4.01. The molecule has 5 nitrogen and oxygen atoms in total. The van der Waals surface area contributed by atoms with E-state index >= 15 is 0 Å². The quantitative estimate of drug-likeness (QED) is 0.462.